The van der Waals surface area contributed by atoms with Crippen LogP contribution in [0, 0.1) is 0 Å². The van der Waals surface area contributed by atoms with Gasteiger partial charge in [-0.2, -0.15) is 0 Å². The molecule has 0 atom stereocenters. The SMILES string of the molecule is CN=C(NCCCCN1C(=O)c2ccccc2C1=O)NC1CCN(c2ccccc2)CC1.I. The first kappa shape index (κ1) is 25.0. The molecule has 2 aliphatic heterocycles. The highest BCUT2D eigenvalue weighted by atomic mass is 127. The second kappa shape index (κ2) is 12.0. The molecule has 0 aromatic heterocycles. The lowest BCUT2D eigenvalue weighted by atomic mass is 10.0. The Morgan fingerprint density at radius 2 is 1.55 bits per heavy atom. The van der Waals surface area contributed by atoms with Crippen molar-refractivity contribution in [2.45, 2.75) is 31.7 Å². The Hall–Kier alpha value is -2.62. The van der Waals surface area contributed by atoms with Crippen LogP contribution in [0.4, 0.5) is 5.69 Å². The molecule has 176 valence electrons. The van der Waals surface area contributed by atoms with Gasteiger partial charge in [0.2, 0.25) is 0 Å². The second-order valence-corrected chi connectivity index (χ2v) is 8.25. The van der Waals surface area contributed by atoms with Gasteiger partial charge in [0, 0.05) is 45.0 Å². The Balaban J connectivity index is 0.00000306. The van der Waals surface area contributed by atoms with Crippen molar-refractivity contribution in [3.8, 4) is 0 Å². The second-order valence-electron chi connectivity index (χ2n) is 8.25. The van der Waals surface area contributed by atoms with Crippen LogP contribution in [-0.4, -0.2) is 61.9 Å². The number of benzene rings is 2. The topological polar surface area (TPSA) is 77.0 Å². The smallest absolute Gasteiger partial charge is 0.261 e. The normalized spacial score (nSPS) is 16.5. The number of carbonyl (C=O) groups is 2. The maximum Gasteiger partial charge on any atom is 0.261 e. The molecule has 4 rings (SSSR count). The number of nitrogens with one attached hydrogen (secondary N) is 2. The number of halogens is 1. The highest BCUT2D eigenvalue weighted by Crippen LogP contribution is 2.22. The molecule has 0 radical (unpaired) electrons. The Morgan fingerprint density at radius 1 is 0.939 bits per heavy atom. The van der Waals surface area contributed by atoms with Gasteiger partial charge in [-0.15, -0.1) is 24.0 Å². The number of para-hydroxylation sites is 1. The van der Waals surface area contributed by atoms with Crippen molar-refractivity contribution in [2.24, 2.45) is 4.99 Å². The molecule has 8 heteroatoms. The van der Waals surface area contributed by atoms with Crippen molar-refractivity contribution in [3.63, 3.8) is 0 Å². The van der Waals surface area contributed by atoms with Crippen molar-refractivity contribution >= 4 is 47.4 Å². The number of hydrogen-bond acceptors (Lipinski definition) is 4. The standard InChI is InChI=1S/C25H31N5O2.HI/c1-26-25(28-19-13-17-29(18-14-19)20-9-3-2-4-10-20)27-15-7-8-16-30-23(31)21-11-5-6-12-22(21)24(30)32;/h2-6,9-12,19H,7-8,13-18H2,1H3,(H2,26,27,28);1H. The van der Waals surface area contributed by atoms with Crippen molar-refractivity contribution in [1.82, 2.24) is 15.5 Å². The fraction of sp³-hybridized carbons (Fsp3) is 0.400. The summed E-state index contributed by atoms with van der Waals surface area (Å²) in [6, 6.07) is 18.0. The van der Waals surface area contributed by atoms with Crippen LogP contribution in [0.15, 0.2) is 59.6 Å². The molecule has 0 aliphatic carbocycles. The van der Waals surface area contributed by atoms with E-state index in [0.717, 1.165) is 51.3 Å². The number of carbonyl (C=O) groups excluding carboxylic acids is 2. The van der Waals surface area contributed by atoms with Gasteiger partial charge < -0.3 is 15.5 Å². The molecule has 0 saturated carbocycles. The lowest BCUT2D eigenvalue weighted by molar-refractivity contribution is 0.0652. The highest BCUT2D eigenvalue weighted by molar-refractivity contribution is 14.0. The average Bonchev–Trinajstić information content (AvgIpc) is 3.09. The van der Waals surface area contributed by atoms with E-state index >= 15 is 0 Å². The van der Waals surface area contributed by atoms with Crippen LogP contribution in [-0.2, 0) is 0 Å². The lowest BCUT2D eigenvalue weighted by Gasteiger charge is -2.34. The van der Waals surface area contributed by atoms with Gasteiger partial charge in [-0.3, -0.25) is 19.5 Å². The van der Waals surface area contributed by atoms with Crippen LogP contribution in [0.2, 0.25) is 0 Å². The molecule has 1 fully saturated rings. The van der Waals surface area contributed by atoms with Crippen molar-refractivity contribution < 1.29 is 9.59 Å². The number of fused-ring (bicyclic) bond motifs is 1. The fourth-order valence-electron chi connectivity index (χ4n) is 4.35. The first-order valence-electron chi connectivity index (χ1n) is 11.4. The molecule has 0 spiro atoms. The minimum Gasteiger partial charge on any atom is -0.371 e. The molecule has 2 aromatic rings. The first-order chi connectivity index (χ1) is 15.7. The Bertz CT molecular complexity index is 939. The number of unbranched alkanes of at least 4 members (excludes halogenated alkanes) is 1. The quantitative estimate of drug-likeness (QED) is 0.178. The molecular weight excluding hydrogens is 529 g/mol. The van der Waals surface area contributed by atoms with E-state index in [4.69, 9.17) is 0 Å². The lowest BCUT2D eigenvalue weighted by Crippen LogP contribution is -2.49. The molecule has 2 amide bonds. The zero-order chi connectivity index (χ0) is 22.3. The van der Waals surface area contributed by atoms with Crippen LogP contribution in [0.1, 0.15) is 46.4 Å². The number of aliphatic imine (C=N–C) groups is 1. The van der Waals surface area contributed by atoms with Gasteiger partial charge in [-0.1, -0.05) is 30.3 Å². The van der Waals surface area contributed by atoms with Gasteiger partial charge >= 0.3 is 0 Å². The summed E-state index contributed by atoms with van der Waals surface area (Å²) >= 11 is 0. The van der Waals surface area contributed by atoms with E-state index in [-0.39, 0.29) is 35.8 Å². The third-order valence-corrected chi connectivity index (χ3v) is 6.16. The van der Waals surface area contributed by atoms with Gasteiger partial charge in [0.15, 0.2) is 5.96 Å². The van der Waals surface area contributed by atoms with Gasteiger partial charge in [-0.05, 0) is 49.9 Å². The summed E-state index contributed by atoms with van der Waals surface area (Å²) in [6.45, 7) is 3.24. The maximum atomic E-state index is 12.4. The minimum absolute atomic E-state index is 0. The van der Waals surface area contributed by atoms with E-state index in [2.05, 4.69) is 44.8 Å². The molecule has 2 aliphatic rings. The molecule has 2 aromatic carbocycles. The summed E-state index contributed by atoms with van der Waals surface area (Å²) < 4.78 is 0. The summed E-state index contributed by atoms with van der Waals surface area (Å²) in [5.41, 5.74) is 2.31. The number of nitrogens with zero attached hydrogens (tertiary/aromatic N) is 3. The van der Waals surface area contributed by atoms with E-state index in [1.165, 1.54) is 10.6 Å². The van der Waals surface area contributed by atoms with E-state index in [9.17, 15) is 9.59 Å². The molecule has 33 heavy (non-hydrogen) atoms. The van der Waals surface area contributed by atoms with Crippen molar-refractivity contribution in [2.75, 3.05) is 38.1 Å². The molecule has 7 nitrogen and oxygen atoms in total. The highest BCUT2D eigenvalue weighted by Gasteiger charge is 2.34. The number of guanidine groups is 1. The number of rotatable bonds is 7. The number of imide groups is 1. The maximum absolute atomic E-state index is 12.4. The first-order valence-corrected chi connectivity index (χ1v) is 11.4. The van der Waals surface area contributed by atoms with Crippen LogP contribution in [0.5, 0.6) is 0 Å². The van der Waals surface area contributed by atoms with E-state index in [0.29, 0.717) is 23.7 Å². The monoisotopic (exact) mass is 561 g/mol. The van der Waals surface area contributed by atoms with Gasteiger partial charge in [0.05, 0.1) is 11.1 Å². The summed E-state index contributed by atoms with van der Waals surface area (Å²) in [7, 11) is 1.78. The molecular formula is C25H32IN5O2. The minimum atomic E-state index is -0.183. The average molecular weight is 561 g/mol. The Kier molecular flexibility index (Phi) is 9.11. The van der Waals surface area contributed by atoms with Crippen LogP contribution in [0.3, 0.4) is 0 Å². The number of amides is 2. The third-order valence-electron chi connectivity index (χ3n) is 6.16. The predicted molar refractivity (Wildman–Crippen MR) is 143 cm³/mol. The Morgan fingerprint density at radius 3 is 2.15 bits per heavy atom. The number of anilines is 1. The molecule has 0 unspecified atom stereocenters. The largest absolute Gasteiger partial charge is 0.371 e. The molecule has 2 heterocycles. The van der Waals surface area contributed by atoms with Gasteiger partial charge in [0.25, 0.3) is 11.8 Å². The number of piperidine rings is 1. The van der Waals surface area contributed by atoms with Crippen molar-refractivity contribution in [1.29, 1.82) is 0 Å². The van der Waals surface area contributed by atoms with E-state index in [1.54, 1.807) is 31.3 Å². The van der Waals surface area contributed by atoms with Crippen LogP contribution in [0.25, 0.3) is 0 Å². The third kappa shape index (κ3) is 6.04. The Labute approximate surface area is 212 Å². The molecule has 1 saturated heterocycles. The predicted octanol–water partition coefficient (Wildman–Crippen LogP) is 3.51. The van der Waals surface area contributed by atoms with Gasteiger partial charge in [-0.25, -0.2) is 0 Å². The summed E-state index contributed by atoms with van der Waals surface area (Å²) in [4.78, 5) is 33.0. The summed E-state index contributed by atoms with van der Waals surface area (Å²) in [5.74, 6) is 0.444. The number of hydrogen-bond donors (Lipinski definition) is 2. The van der Waals surface area contributed by atoms with E-state index < -0.39 is 0 Å². The summed E-state index contributed by atoms with van der Waals surface area (Å²) in [5, 5.41) is 6.89. The molecule has 0 bridgehead atoms. The summed E-state index contributed by atoms with van der Waals surface area (Å²) in [6.07, 6.45) is 3.73. The van der Waals surface area contributed by atoms with Crippen LogP contribution < -0.4 is 15.5 Å². The van der Waals surface area contributed by atoms with Crippen molar-refractivity contribution in [3.05, 3.63) is 65.7 Å². The van der Waals surface area contributed by atoms with E-state index in [1.807, 2.05) is 6.07 Å². The zero-order valence-electron chi connectivity index (χ0n) is 19.0. The van der Waals surface area contributed by atoms with Gasteiger partial charge in [0.1, 0.15) is 0 Å². The fourth-order valence-corrected chi connectivity index (χ4v) is 4.35. The van der Waals surface area contributed by atoms with Crippen LogP contribution >= 0.6 is 24.0 Å². The molecule has 2 N–H and O–H groups in total. The zero-order valence-corrected chi connectivity index (χ0v) is 21.3.